The van der Waals surface area contributed by atoms with Crippen molar-refractivity contribution in [2.24, 2.45) is 11.8 Å². The summed E-state index contributed by atoms with van der Waals surface area (Å²) in [5.74, 6) is -0.401. The number of allylic oxidation sites excluding steroid dienone is 1. The first-order chi connectivity index (χ1) is 12.5. The second-order valence-electron chi connectivity index (χ2n) is 7.58. The van der Waals surface area contributed by atoms with E-state index >= 15 is 0 Å². The topological polar surface area (TPSA) is 94.8 Å². The lowest BCUT2D eigenvalue weighted by molar-refractivity contribution is -0.147. The number of Topliss-reactive ketones (excluding diaryl/α,β-unsaturated/α-hetero) is 1. The van der Waals surface area contributed by atoms with Crippen LogP contribution in [0.1, 0.15) is 84.0 Å². The van der Waals surface area contributed by atoms with Gasteiger partial charge in [-0.05, 0) is 38.0 Å². The molecule has 150 valence electrons. The minimum atomic E-state index is -1.26. The number of aliphatic hydroxyl groups excluding tert-OH is 2. The van der Waals surface area contributed by atoms with E-state index in [1.54, 1.807) is 0 Å². The Bertz CT molecular complexity index is 446. The minimum absolute atomic E-state index is 0.101. The van der Waals surface area contributed by atoms with Crippen LogP contribution in [0.15, 0.2) is 12.2 Å². The summed E-state index contributed by atoms with van der Waals surface area (Å²) in [5.41, 5.74) is 0. The SMILES string of the molecule is CCCC[C@@H](O)CC=C[C@H]1CCC(=O)[C@@H]1CCCCCCC(O)C(=O)O. The molecule has 0 aliphatic heterocycles. The first-order valence-electron chi connectivity index (χ1n) is 10.2. The van der Waals surface area contributed by atoms with Gasteiger partial charge in [-0.15, -0.1) is 0 Å². The number of carboxylic acid groups (broad SMARTS) is 1. The molecule has 3 N–H and O–H groups in total. The summed E-state index contributed by atoms with van der Waals surface area (Å²) in [4.78, 5) is 22.7. The summed E-state index contributed by atoms with van der Waals surface area (Å²) in [6.45, 7) is 2.12. The maximum Gasteiger partial charge on any atom is 0.332 e. The molecule has 5 nitrogen and oxygen atoms in total. The van der Waals surface area contributed by atoms with Crippen LogP contribution in [0.2, 0.25) is 0 Å². The Morgan fingerprint density at radius 1 is 1.15 bits per heavy atom. The van der Waals surface area contributed by atoms with Gasteiger partial charge in [0.15, 0.2) is 6.10 Å². The average molecular weight is 369 g/mol. The standard InChI is InChI=1S/C21H36O5/c1-2-3-10-17(22)11-8-9-16-14-15-19(23)18(16)12-6-4-5-7-13-20(24)21(25)26/h8-9,16-18,20,22,24H,2-7,10-15H2,1H3,(H,25,26)/t16-,17+,18+,20?/m0/s1. The smallest absolute Gasteiger partial charge is 0.332 e. The Hall–Kier alpha value is -1.20. The number of unbranched alkanes of at least 4 members (excludes halogenated alkanes) is 4. The quantitative estimate of drug-likeness (QED) is 0.320. The van der Waals surface area contributed by atoms with Crippen molar-refractivity contribution in [1.82, 2.24) is 0 Å². The zero-order valence-electron chi connectivity index (χ0n) is 16.1. The molecular formula is C21H36O5. The number of carbonyl (C=O) groups excluding carboxylic acids is 1. The number of aliphatic hydroxyl groups is 2. The molecule has 0 radical (unpaired) electrons. The molecule has 0 aromatic rings. The van der Waals surface area contributed by atoms with Gasteiger partial charge in [0.2, 0.25) is 0 Å². The molecule has 0 bridgehead atoms. The van der Waals surface area contributed by atoms with Gasteiger partial charge in [0, 0.05) is 12.3 Å². The molecule has 0 amide bonds. The van der Waals surface area contributed by atoms with Crippen LogP contribution in [0, 0.1) is 11.8 Å². The number of hydrogen-bond donors (Lipinski definition) is 3. The molecule has 1 aliphatic rings. The fourth-order valence-corrected chi connectivity index (χ4v) is 3.69. The van der Waals surface area contributed by atoms with E-state index < -0.39 is 12.1 Å². The molecule has 1 rings (SSSR count). The van der Waals surface area contributed by atoms with Crippen molar-refractivity contribution in [3.8, 4) is 0 Å². The Morgan fingerprint density at radius 2 is 1.88 bits per heavy atom. The third kappa shape index (κ3) is 8.95. The van der Waals surface area contributed by atoms with Gasteiger partial charge in [-0.3, -0.25) is 4.79 Å². The van der Waals surface area contributed by atoms with Crippen molar-refractivity contribution in [3.63, 3.8) is 0 Å². The van der Waals surface area contributed by atoms with Crippen molar-refractivity contribution in [2.45, 2.75) is 96.2 Å². The van der Waals surface area contributed by atoms with Crippen molar-refractivity contribution >= 4 is 11.8 Å². The summed E-state index contributed by atoms with van der Waals surface area (Å²) in [6, 6.07) is 0. The maximum absolute atomic E-state index is 12.1. The lowest BCUT2D eigenvalue weighted by atomic mass is 9.89. The monoisotopic (exact) mass is 368 g/mol. The molecule has 1 fully saturated rings. The summed E-state index contributed by atoms with van der Waals surface area (Å²) in [6.07, 6.45) is 12.5. The van der Waals surface area contributed by atoms with Crippen LogP contribution >= 0.6 is 0 Å². The van der Waals surface area contributed by atoms with Crippen LogP contribution in [0.3, 0.4) is 0 Å². The third-order valence-electron chi connectivity index (χ3n) is 5.36. The number of hydrogen-bond acceptors (Lipinski definition) is 4. The molecule has 0 aromatic carbocycles. The molecule has 5 heteroatoms. The van der Waals surface area contributed by atoms with E-state index in [9.17, 15) is 19.8 Å². The van der Waals surface area contributed by atoms with Crippen molar-refractivity contribution < 1.29 is 24.9 Å². The van der Waals surface area contributed by atoms with E-state index in [2.05, 4.69) is 13.0 Å². The zero-order chi connectivity index (χ0) is 19.4. The van der Waals surface area contributed by atoms with Crippen LogP contribution in [0.25, 0.3) is 0 Å². The van der Waals surface area contributed by atoms with Gasteiger partial charge in [0.05, 0.1) is 6.10 Å². The number of ketones is 1. The molecule has 1 saturated carbocycles. The van der Waals surface area contributed by atoms with Gasteiger partial charge in [-0.25, -0.2) is 4.79 Å². The highest BCUT2D eigenvalue weighted by Gasteiger charge is 2.32. The predicted octanol–water partition coefficient (Wildman–Crippen LogP) is 3.87. The molecule has 1 unspecified atom stereocenters. The summed E-state index contributed by atoms with van der Waals surface area (Å²) in [5, 5.41) is 27.7. The first kappa shape index (κ1) is 22.8. The average Bonchev–Trinajstić information content (AvgIpc) is 2.95. The van der Waals surface area contributed by atoms with Crippen LogP contribution in [-0.2, 0) is 9.59 Å². The second kappa shape index (κ2) is 13.0. The lowest BCUT2D eigenvalue weighted by Gasteiger charge is -2.15. The highest BCUT2D eigenvalue weighted by atomic mass is 16.4. The number of aliphatic carboxylic acids is 1. The number of carboxylic acids is 1. The normalized spacial score (nSPS) is 22.8. The molecule has 0 saturated heterocycles. The van der Waals surface area contributed by atoms with Gasteiger partial charge >= 0.3 is 5.97 Å². The molecule has 4 atom stereocenters. The third-order valence-corrected chi connectivity index (χ3v) is 5.36. The lowest BCUT2D eigenvalue weighted by Crippen LogP contribution is -2.18. The van der Waals surface area contributed by atoms with Crippen molar-refractivity contribution in [1.29, 1.82) is 0 Å². The summed E-state index contributed by atoms with van der Waals surface area (Å²) >= 11 is 0. The number of rotatable bonds is 14. The number of carbonyl (C=O) groups is 2. The fourth-order valence-electron chi connectivity index (χ4n) is 3.69. The molecule has 26 heavy (non-hydrogen) atoms. The largest absolute Gasteiger partial charge is 0.479 e. The highest BCUT2D eigenvalue weighted by molar-refractivity contribution is 5.83. The molecule has 1 aliphatic carbocycles. The van der Waals surface area contributed by atoms with E-state index in [1.165, 1.54) is 0 Å². The molecule has 0 spiro atoms. The van der Waals surface area contributed by atoms with Gasteiger partial charge in [-0.2, -0.15) is 0 Å². The second-order valence-corrected chi connectivity index (χ2v) is 7.58. The Morgan fingerprint density at radius 3 is 2.58 bits per heavy atom. The van der Waals surface area contributed by atoms with Gasteiger partial charge in [-0.1, -0.05) is 57.6 Å². The van der Waals surface area contributed by atoms with E-state index in [1.807, 2.05) is 6.08 Å². The summed E-state index contributed by atoms with van der Waals surface area (Å²) in [7, 11) is 0. The van der Waals surface area contributed by atoms with Crippen LogP contribution in [-0.4, -0.2) is 39.3 Å². The van der Waals surface area contributed by atoms with E-state index in [0.29, 0.717) is 37.4 Å². The van der Waals surface area contributed by atoms with E-state index in [0.717, 1.165) is 51.4 Å². The molecule has 0 heterocycles. The Balaban J connectivity index is 2.24. The van der Waals surface area contributed by atoms with Crippen molar-refractivity contribution in [3.05, 3.63) is 12.2 Å². The highest BCUT2D eigenvalue weighted by Crippen LogP contribution is 2.34. The first-order valence-corrected chi connectivity index (χ1v) is 10.2. The predicted molar refractivity (Wildman–Crippen MR) is 102 cm³/mol. The Labute approximate surface area is 157 Å². The van der Waals surface area contributed by atoms with Gasteiger partial charge in [0.25, 0.3) is 0 Å². The van der Waals surface area contributed by atoms with E-state index in [-0.39, 0.29) is 12.0 Å². The van der Waals surface area contributed by atoms with Gasteiger partial charge < -0.3 is 15.3 Å². The van der Waals surface area contributed by atoms with Crippen LogP contribution in [0.4, 0.5) is 0 Å². The van der Waals surface area contributed by atoms with Crippen LogP contribution in [0.5, 0.6) is 0 Å². The molecule has 0 aromatic heterocycles. The molecular weight excluding hydrogens is 332 g/mol. The zero-order valence-corrected chi connectivity index (χ0v) is 16.1. The van der Waals surface area contributed by atoms with Crippen molar-refractivity contribution in [2.75, 3.05) is 0 Å². The van der Waals surface area contributed by atoms with Crippen LogP contribution < -0.4 is 0 Å². The maximum atomic E-state index is 12.1. The Kier molecular flexibility index (Phi) is 11.5. The fraction of sp³-hybridized carbons (Fsp3) is 0.810. The summed E-state index contributed by atoms with van der Waals surface area (Å²) < 4.78 is 0. The van der Waals surface area contributed by atoms with E-state index in [4.69, 9.17) is 5.11 Å². The minimum Gasteiger partial charge on any atom is -0.479 e. The van der Waals surface area contributed by atoms with Gasteiger partial charge in [0.1, 0.15) is 5.78 Å².